The molecule has 4 heteroatoms. The van der Waals surface area contributed by atoms with Gasteiger partial charge in [-0.25, -0.2) is 4.98 Å². The molecular formula is C31H19N2OP. The van der Waals surface area contributed by atoms with E-state index in [1.165, 1.54) is 5.39 Å². The zero-order chi connectivity index (χ0) is 23.1. The number of hydrogen-bond donors (Lipinski definition) is 0. The SMILES string of the molecule is O=P1(c2cccc3nc4c5ccccc5c5ccccc5n4c23)c2ccccc2-c2ccccc21. The summed E-state index contributed by atoms with van der Waals surface area (Å²) in [5, 5.41) is 6.10. The highest BCUT2D eigenvalue weighted by molar-refractivity contribution is 7.86. The Hall–Kier alpha value is -4.20. The third-order valence-electron chi connectivity index (χ3n) is 7.37. The van der Waals surface area contributed by atoms with Crippen LogP contribution < -0.4 is 15.9 Å². The van der Waals surface area contributed by atoms with Gasteiger partial charge < -0.3 is 4.57 Å². The van der Waals surface area contributed by atoms with Gasteiger partial charge in [0.2, 0.25) is 0 Å². The lowest BCUT2D eigenvalue weighted by atomic mass is 10.1. The zero-order valence-electron chi connectivity index (χ0n) is 18.7. The minimum Gasteiger partial charge on any atom is -0.309 e. The fourth-order valence-electron chi connectivity index (χ4n) is 5.93. The van der Waals surface area contributed by atoms with Crippen LogP contribution in [0.2, 0.25) is 0 Å². The molecule has 0 spiro atoms. The van der Waals surface area contributed by atoms with Crippen LogP contribution in [0.5, 0.6) is 0 Å². The Morgan fingerprint density at radius 2 is 1.11 bits per heavy atom. The number of imidazole rings is 1. The van der Waals surface area contributed by atoms with Crippen LogP contribution in [0.25, 0.3) is 49.5 Å². The summed E-state index contributed by atoms with van der Waals surface area (Å²) in [6.45, 7) is 0. The molecule has 0 bridgehead atoms. The lowest BCUT2D eigenvalue weighted by molar-refractivity contribution is 0.593. The van der Waals surface area contributed by atoms with Crippen LogP contribution in [-0.4, -0.2) is 9.38 Å². The number of benzene rings is 5. The number of hydrogen-bond acceptors (Lipinski definition) is 2. The molecule has 1 aliphatic rings. The molecule has 164 valence electrons. The molecule has 0 N–H and O–H groups in total. The molecule has 0 radical (unpaired) electrons. The Morgan fingerprint density at radius 3 is 1.86 bits per heavy atom. The van der Waals surface area contributed by atoms with Gasteiger partial charge in [-0.05, 0) is 34.7 Å². The molecule has 8 rings (SSSR count). The largest absolute Gasteiger partial charge is 0.309 e. The molecule has 1 aliphatic heterocycles. The number of fused-ring (bicyclic) bond motifs is 11. The highest BCUT2D eigenvalue weighted by atomic mass is 31.2. The molecule has 0 amide bonds. The van der Waals surface area contributed by atoms with Crippen molar-refractivity contribution < 1.29 is 4.57 Å². The van der Waals surface area contributed by atoms with Crippen molar-refractivity contribution in [2.24, 2.45) is 0 Å². The summed E-state index contributed by atoms with van der Waals surface area (Å²) >= 11 is 0. The molecule has 7 aromatic rings. The van der Waals surface area contributed by atoms with Gasteiger partial charge in [0.05, 0.1) is 16.6 Å². The van der Waals surface area contributed by atoms with E-state index in [4.69, 9.17) is 4.98 Å². The van der Waals surface area contributed by atoms with Gasteiger partial charge in [-0.2, -0.15) is 0 Å². The monoisotopic (exact) mass is 466 g/mol. The maximum atomic E-state index is 15.4. The number of nitrogens with zero attached hydrogens (tertiary/aromatic N) is 2. The van der Waals surface area contributed by atoms with Gasteiger partial charge in [0.25, 0.3) is 0 Å². The average Bonchev–Trinajstić information content (AvgIpc) is 3.44. The lowest BCUT2D eigenvalue weighted by Crippen LogP contribution is -2.22. The van der Waals surface area contributed by atoms with Gasteiger partial charge in [-0.15, -0.1) is 0 Å². The molecule has 0 saturated carbocycles. The van der Waals surface area contributed by atoms with Crippen molar-refractivity contribution in [3.63, 3.8) is 0 Å². The molecule has 35 heavy (non-hydrogen) atoms. The molecule has 5 aromatic carbocycles. The molecule has 2 aromatic heterocycles. The Morgan fingerprint density at radius 1 is 0.543 bits per heavy atom. The van der Waals surface area contributed by atoms with Gasteiger partial charge in [0, 0.05) is 26.7 Å². The molecular weight excluding hydrogens is 447 g/mol. The number of para-hydroxylation sites is 2. The molecule has 0 atom stereocenters. The van der Waals surface area contributed by atoms with Crippen LogP contribution in [0.3, 0.4) is 0 Å². The summed E-state index contributed by atoms with van der Waals surface area (Å²) in [6.07, 6.45) is 0. The second-order valence-electron chi connectivity index (χ2n) is 9.12. The third-order valence-corrected chi connectivity index (χ3v) is 10.6. The highest BCUT2D eigenvalue weighted by Crippen LogP contribution is 2.53. The first kappa shape index (κ1) is 19.1. The van der Waals surface area contributed by atoms with Gasteiger partial charge >= 0.3 is 0 Å². The number of pyridine rings is 1. The van der Waals surface area contributed by atoms with E-state index in [0.717, 1.165) is 60.0 Å². The fraction of sp³-hybridized carbons (Fsp3) is 0. The molecule has 3 heterocycles. The van der Waals surface area contributed by atoms with Crippen molar-refractivity contribution in [1.82, 2.24) is 9.38 Å². The molecule has 0 aliphatic carbocycles. The van der Waals surface area contributed by atoms with Crippen LogP contribution in [0, 0.1) is 0 Å². The van der Waals surface area contributed by atoms with Gasteiger partial charge in [-0.1, -0.05) is 97.1 Å². The Kier molecular flexibility index (Phi) is 3.66. The average molecular weight is 466 g/mol. The second-order valence-corrected chi connectivity index (χ2v) is 11.8. The summed E-state index contributed by atoms with van der Waals surface area (Å²) < 4.78 is 17.6. The predicted octanol–water partition coefficient (Wildman–Crippen LogP) is 6.41. The summed E-state index contributed by atoms with van der Waals surface area (Å²) in [4.78, 5) is 5.11. The van der Waals surface area contributed by atoms with Crippen LogP contribution in [0.15, 0.2) is 115 Å². The van der Waals surface area contributed by atoms with Gasteiger partial charge in [0.15, 0.2) is 7.14 Å². The van der Waals surface area contributed by atoms with Crippen molar-refractivity contribution in [2.75, 3.05) is 0 Å². The van der Waals surface area contributed by atoms with E-state index in [1.54, 1.807) is 0 Å². The molecule has 0 saturated heterocycles. The van der Waals surface area contributed by atoms with E-state index < -0.39 is 7.14 Å². The van der Waals surface area contributed by atoms with E-state index in [9.17, 15) is 0 Å². The summed E-state index contributed by atoms with van der Waals surface area (Å²) in [5.41, 5.74) is 5.89. The quantitative estimate of drug-likeness (QED) is 0.207. The second kappa shape index (κ2) is 6.69. The van der Waals surface area contributed by atoms with E-state index >= 15 is 4.57 Å². The van der Waals surface area contributed by atoms with E-state index in [1.807, 2.05) is 54.6 Å². The van der Waals surface area contributed by atoms with Crippen LogP contribution >= 0.6 is 7.14 Å². The Balaban J connectivity index is 1.62. The lowest BCUT2D eigenvalue weighted by Gasteiger charge is -2.18. The van der Waals surface area contributed by atoms with Crippen molar-refractivity contribution in [2.45, 2.75) is 0 Å². The van der Waals surface area contributed by atoms with Crippen LogP contribution in [0.4, 0.5) is 0 Å². The van der Waals surface area contributed by atoms with Crippen LogP contribution in [-0.2, 0) is 4.57 Å². The highest BCUT2D eigenvalue weighted by Gasteiger charge is 2.41. The normalized spacial score (nSPS) is 14.1. The van der Waals surface area contributed by atoms with E-state index in [0.29, 0.717) is 0 Å². The first-order chi connectivity index (χ1) is 17.3. The summed E-state index contributed by atoms with van der Waals surface area (Å²) in [7, 11) is -3.12. The third kappa shape index (κ3) is 2.31. The van der Waals surface area contributed by atoms with Gasteiger partial charge in [0.1, 0.15) is 5.65 Å². The first-order valence-electron chi connectivity index (χ1n) is 11.8. The van der Waals surface area contributed by atoms with Crippen molar-refractivity contribution in [3.8, 4) is 11.1 Å². The zero-order valence-corrected chi connectivity index (χ0v) is 19.6. The maximum absolute atomic E-state index is 15.4. The Labute approximate surface area is 201 Å². The minimum absolute atomic E-state index is 0.848. The number of aromatic nitrogens is 2. The molecule has 0 fully saturated rings. The van der Waals surface area contributed by atoms with Crippen molar-refractivity contribution >= 4 is 61.4 Å². The predicted molar refractivity (Wildman–Crippen MR) is 146 cm³/mol. The first-order valence-corrected chi connectivity index (χ1v) is 13.5. The summed E-state index contributed by atoms with van der Waals surface area (Å²) in [6, 6.07) is 39.2. The van der Waals surface area contributed by atoms with E-state index in [-0.39, 0.29) is 0 Å². The number of rotatable bonds is 1. The molecule has 0 unspecified atom stereocenters. The van der Waals surface area contributed by atoms with Gasteiger partial charge in [-0.3, -0.25) is 4.40 Å². The van der Waals surface area contributed by atoms with Crippen molar-refractivity contribution in [1.29, 1.82) is 0 Å². The molecule has 3 nitrogen and oxygen atoms in total. The van der Waals surface area contributed by atoms with E-state index in [2.05, 4.69) is 65.1 Å². The van der Waals surface area contributed by atoms with Crippen LogP contribution in [0.1, 0.15) is 0 Å². The topological polar surface area (TPSA) is 34.4 Å². The maximum Gasteiger partial charge on any atom is 0.174 e. The standard InChI is InChI=1S/C31H19N2OP/c34-35(27-17-7-4-12-22(27)23-13-5-8-18-28(23)35)29-19-9-15-25-30(29)33-26-16-6-3-11-21(26)20-10-1-2-14-24(20)31(33)32-25/h1-19H. The smallest absolute Gasteiger partial charge is 0.174 e. The Bertz CT molecular complexity index is 2000. The fourth-order valence-corrected chi connectivity index (χ4v) is 9.18. The minimum atomic E-state index is -3.12. The summed E-state index contributed by atoms with van der Waals surface area (Å²) in [5.74, 6) is 0. The van der Waals surface area contributed by atoms with Crippen molar-refractivity contribution in [3.05, 3.63) is 115 Å².